The fraction of sp³-hybridized carbons (Fsp3) is 0.429. The second-order valence-electron chi connectivity index (χ2n) is 13.1. The first-order valence-electron chi connectivity index (χ1n) is 14.8. The number of benzene rings is 2. The van der Waals surface area contributed by atoms with Crippen LogP contribution < -0.4 is 4.57 Å². The van der Waals surface area contributed by atoms with Crippen LogP contribution in [0.3, 0.4) is 0 Å². The molecule has 0 N–H and O–H groups in total. The molecule has 3 nitrogen and oxygen atoms in total. The molecule has 0 saturated heterocycles. The Balaban J connectivity index is 1.46. The number of aromatic nitrogens is 2. The van der Waals surface area contributed by atoms with Gasteiger partial charge in [0.2, 0.25) is 11.4 Å². The summed E-state index contributed by atoms with van der Waals surface area (Å²) in [5, 5.41) is 3.36. The van der Waals surface area contributed by atoms with Crippen LogP contribution in [0.4, 0.5) is 0 Å². The third-order valence-electron chi connectivity index (χ3n) is 9.59. The zero-order valence-electron chi connectivity index (χ0n) is 24.7. The quantitative estimate of drug-likeness (QED) is 0.225. The molecule has 0 radical (unpaired) electrons. The van der Waals surface area contributed by atoms with Gasteiger partial charge >= 0.3 is 0 Å². The lowest BCUT2D eigenvalue weighted by atomic mass is 9.62. The van der Waals surface area contributed by atoms with Gasteiger partial charge in [-0.05, 0) is 78.2 Å². The molecule has 7 rings (SSSR count). The van der Waals surface area contributed by atoms with E-state index in [0.717, 1.165) is 70.8 Å². The van der Waals surface area contributed by atoms with Gasteiger partial charge in [-0.25, -0.2) is 9.55 Å². The third kappa shape index (κ3) is 3.47. The third-order valence-corrected chi connectivity index (χ3v) is 9.59. The highest BCUT2D eigenvalue weighted by molar-refractivity contribution is 6.11. The highest BCUT2D eigenvalue weighted by atomic mass is 16.3. The summed E-state index contributed by atoms with van der Waals surface area (Å²) in [6, 6.07) is 15.6. The fourth-order valence-corrected chi connectivity index (χ4v) is 7.21. The minimum Gasteiger partial charge on any atom is -0.437 e. The molecule has 2 aliphatic carbocycles. The number of aryl methyl sites for hydroxylation is 2. The van der Waals surface area contributed by atoms with Crippen molar-refractivity contribution < 1.29 is 10.4 Å². The van der Waals surface area contributed by atoms with Crippen molar-refractivity contribution in [3.05, 3.63) is 70.9 Å². The Kier molecular flexibility index (Phi) is 4.88. The molecule has 2 aliphatic rings. The number of hydrogen-bond donors (Lipinski definition) is 0. The first-order valence-corrected chi connectivity index (χ1v) is 14.3. The van der Waals surface area contributed by atoms with Crippen molar-refractivity contribution in [2.75, 3.05) is 0 Å². The molecule has 2 aromatic carbocycles. The Labute approximate surface area is 227 Å². The molecule has 1 saturated carbocycles. The molecule has 3 heterocycles. The molecule has 5 aromatic rings. The maximum absolute atomic E-state index is 8.99. The zero-order valence-corrected chi connectivity index (χ0v) is 23.7. The summed E-state index contributed by atoms with van der Waals surface area (Å²) in [5.74, 6) is -0.456. The summed E-state index contributed by atoms with van der Waals surface area (Å²) < 4.78 is 17.9. The van der Waals surface area contributed by atoms with E-state index < -0.39 is 5.89 Å². The molecular formula is C35H39N2O+. The molecule has 0 unspecified atom stereocenters. The van der Waals surface area contributed by atoms with Crippen LogP contribution in [0.1, 0.15) is 95.7 Å². The van der Waals surface area contributed by atoms with E-state index in [2.05, 4.69) is 94.9 Å². The zero-order chi connectivity index (χ0) is 27.3. The Morgan fingerprint density at radius 2 is 1.71 bits per heavy atom. The maximum atomic E-state index is 8.99. The van der Waals surface area contributed by atoms with E-state index in [9.17, 15) is 0 Å². The first kappa shape index (κ1) is 22.8. The van der Waals surface area contributed by atoms with Crippen molar-refractivity contribution in [2.24, 2.45) is 7.05 Å². The lowest BCUT2D eigenvalue weighted by molar-refractivity contribution is -0.660. The second kappa shape index (κ2) is 8.15. The molecule has 1 fully saturated rings. The summed E-state index contributed by atoms with van der Waals surface area (Å²) in [7, 11) is 2.10. The van der Waals surface area contributed by atoms with Crippen molar-refractivity contribution in [1.29, 1.82) is 0 Å². The molecule has 3 aromatic heterocycles. The van der Waals surface area contributed by atoms with Crippen molar-refractivity contribution in [3.63, 3.8) is 0 Å². The summed E-state index contributed by atoms with van der Waals surface area (Å²) in [5.41, 5.74) is 10.2. The predicted molar refractivity (Wildman–Crippen MR) is 157 cm³/mol. The molecule has 194 valence electrons. The normalized spacial score (nSPS) is 20.2. The van der Waals surface area contributed by atoms with Crippen molar-refractivity contribution in [1.82, 2.24) is 4.98 Å². The lowest BCUT2D eigenvalue weighted by Crippen LogP contribution is -2.34. The molecule has 0 aliphatic heterocycles. The highest BCUT2D eigenvalue weighted by Crippen LogP contribution is 2.49. The maximum Gasteiger partial charge on any atom is 0.227 e. The van der Waals surface area contributed by atoms with E-state index in [1.54, 1.807) is 0 Å². The van der Waals surface area contributed by atoms with Gasteiger partial charge in [0.05, 0.1) is 11.1 Å². The van der Waals surface area contributed by atoms with Gasteiger partial charge in [0.1, 0.15) is 7.05 Å². The van der Waals surface area contributed by atoms with Gasteiger partial charge in [-0.3, -0.25) is 0 Å². The monoisotopic (exact) mass is 504 g/mol. The topological polar surface area (TPSA) is 29.9 Å². The number of furan rings is 1. The number of pyridine rings is 2. The van der Waals surface area contributed by atoms with E-state index in [-0.39, 0.29) is 10.8 Å². The van der Waals surface area contributed by atoms with Crippen LogP contribution in [0.5, 0.6) is 0 Å². The number of rotatable bonds is 2. The minimum atomic E-state index is -0.456. The van der Waals surface area contributed by atoms with Gasteiger partial charge in [-0.1, -0.05) is 64.8 Å². The van der Waals surface area contributed by atoms with Crippen LogP contribution in [-0.4, -0.2) is 4.98 Å². The Bertz CT molecular complexity index is 1800. The SMILES string of the molecule is [2H]C1(c2ccc(-c3c(C)ccc4c3oc3nc5c6c(ccc5cc34)C(C)(C)CCC6(C)C)[n+](C)c2)CCCC1. The Morgan fingerprint density at radius 1 is 0.947 bits per heavy atom. The van der Waals surface area contributed by atoms with E-state index >= 15 is 0 Å². The van der Waals surface area contributed by atoms with E-state index in [4.69, 9.17) is 10.8 Å². The first-order chi connectivity index (χ1) is 18.5. The molecule has 0 spiro atoms. The molecule has 0 amide bonds. The van der Waals surface area contributed by atoms with Crippen LogP contribution in [0.25, 0.3) is 44.2 Å². The molecular weight excluding hydrogens is 464 g/mol. The van der Waals surface area contributed by atoms with E-state index in [0.29, 0.717) is 5.71 Å². The van der Waals surface area contributed by atoms with Gasteiger partial charge in [0, 0.05) is 29.2 Å². The van der Waals surface area contributed by atoms with Gasteiger partial charge in [0.25, 0.3) is 0 Å². The molecule has 0 bridgehead atoms. The summed E-state index contributed by atoms with van der Waals surface area (Å²) >= 11 is 0. The van der Waals surface area contributed by atoms with Crippen molar-refractivity contribution in [3.8, 4) is 11.3 Å². The smallest absolute Gasteiger partial charge is 0.227 e. The van der Waals surface area contributed by atoms with Gasteiger partial charge in [-0.15, -0.1) is 0 Å². The molecule has 38 heavy (non-hydrogen) atoms. The van der Waals surface area contributed by atoms with Crippen LogP contribution >= 0.6 is 0 Å². The van der Waals surface area contributed by atoms with Crippen LogP contribution in [0.2, 0.25) is 0 Å². The second-order valence-corrected chi connectivity index (χ2v) is 13.1. The average Bonchev–Trinajstić information content (AvgIpc) is 3.49. The largest absolute Gasteiger partial charge is 0.437 e. The Morgan fingerprint density at radius 3 is 2.47 bits per heavy atom. The predicted octanol–water partition coefficient (Wildman–Crippen LogP) is 8.94. The average molecular weight is 505 g/mol. The standard InChI is InChI=1S/C35H39N2O/c1-21-11-14-25-26-19-23-12-15-27-30(35(4,5)18-17-34(27,2)3)31(23)36-33(26)38-32(25)29(21)28-16-13-24(20-37(28)6)22-9-7-8-10-22/h11-16,19-20,22H,7-10,17-18H2,1-6H3/q+1/i22D. The highest BCUT2D eigenvalue weighted by Gasteiger charge is 2.39. The summed E-state index contributed by atoms with van der Waals surface area (Å²) in [4.78, 5) is 5.25. The number of fused-ring (bicyclic) bond motifs is 6. The van der Waals surface area contributed by atoms with Crippen LogP contribution in [0.15, 0.2) is 53.1 Å². The summed E-state index contributed by atoms with van der Waals surface area (Å²) in [6.45, 7) is 11.6. The van der Waals surface area contributed by atoms with Crippen molar-refractivity contribution in [2.45, 2.75) is 89.9 Å². The van der Waals surface area contributed by atoms with Crippen molar-refractivity contribution >= 4 is 33.0 Å². The van der Waals surface area contributed by atoms with Gasteiger partial charge in [-0.2, -0.15) is 0 Å². The van der Waals surface area contributed by atoms with Crippen LogP contribution in [0, 0.1) is 6.92 Å². The Hall–Kier alpha value is -3.20. The fourth-order valence-electron chi connectivity index (χ4n) is 7.21. The lowest BCUT2D eigenvalue weighted by Gasteiger charge is -2.42. The number of nitrogens with zero attached hydrogens (tertiary/aromatic N) is 2. The number of hydrogen-bond acceptors (Lipinski definition) is 2. The van der Waals surface area contributed by atoms with Gasteiger partial charge in [0.15, 0.2) is 11.8 Å². The summed E-state index contributed by atoms with van der Waals surface area (Å²) in [6.07, 6.45) is 8.68. The van der Waals surface area contributed by atoms with E-state index in [1.807, 2.05) is 0 Å². The molecule has 3 heteroatoms. The van der Waals surface area contributed by atoms with Gasteiger partial charge < -0.3 is 4.42 Å². The minimum absolute atomic E-state index is 0.0723. The van der Waals surface area contributed by atoms with E-state index in [1.165, 1.54) is 28.5 Å². The van der Waals surface area contributed by atoms with Crippen LogP contribution in [-0.2, 0) is 17.9 Å². The molecule has 0 atom stereocenters.